The van der Waals surface area contributed by atoms with E-state index in [1.165, 1.54) is 17.1 Å². The summed E-state index contributed by atoms with van der Waals surface area (Å²) in [6.07, 6.45) is 5.08. The van der Waals surface area contributed by atoms with Crippen LogP contribution in [-0.2, 0) is 0 Å². The summed E-state index contributed by atoms with van der Waals surface area (Å²) in [5, 5.41) is 13.0. The average molecular weight is 256 g/mol. The molecule has 6 nitrogen and oxygen atoms in total. The molecule has 2 rings (SSSR count). The molecule has 0 radical (unpaired) electrons. The van der Waals surface area contributed by atoms with Crippen LogP contribution < -0.4 is 4.74 Å². The first-order valence-electron chi connectivity index (χ1n) is 5.71. The van der Waals surface area contributed by atoms with E-state index in [9.17, 15) is 4.79 Å². The first kappa shape index (κ1) is 12.8. The first-order valence-corrected chi connectivity index (χ1v) is 5.71. The number of hydrogen-bond acceptors (Lipinski definition) is 5. The van der Waals surface area contributed by atoms with Crippen LogP contribution in [0, 0.1) is 11.3 Å². The van der Waals surface area contributed by atoms with Gasteiger partial charge in [0, 0.05) is 12.3 Å². The summed E-state index contributed by atoms with van der Waals surface area (Å²) in [6, 6.07) is 3.65. The Morgan fingerprint density at radius 1 is 1.47 bits per heavy atom. The van der Waals surface area contributed by atoms with Gasteiger partial charge in [-0.3, -0.25) is 4.79 Å². The fourth-order valence-electron chi connectivity index (χ4n) is 1.51. The predicted molar refractivity (Wildman–Crippen MR) is 67.2 cm³/mol. The van der Waals surface area contributed by atoms with Crippen LogP contribution in [-0.4, -0.2) is 27.2 Å². The third kappa shape index (κ3) is 2.77. The topological polar surface area (TPSA) is 80.8 Å². The molecular weight excluding hydrogens is 244 g/mol. The van der Waals surface area contributed by atoms with Gasteiger partial charge in [-0.1, -0.05) is 0 Å². The number of pyridine rings is 1. The van der Waals surface area contributed by atoms with Crippen LogP contribution in [0.3, 0.4) is 0 Å². The fraction of sp³-hybridized carbons (Fsp3) is 0.231. The second-order valence-electron chi connectivity index (χ2n) is 4.15. The zero-order valence-corrected chi connectivity index (χ0v) is 10.6. The number of carbonyl (C=O) groups excluding carboxylic acids is 1. The van der Waals surface area contributed by atoms with Gasteiger partial charge in [-0.05, 0) is 13.8 Å². The highest BCUT2D eigenvalue weighted by Crippen LogP contribution is 2.21. The lowest BCUT2D eigenvalue weighted by atomic mass is 10.2. The molecule has 0 unspecified atom stereocenters. The van der Waals surface area contributed by atoms with Crippen LogP contribution in [0.5, 0.6) is 5.75 Å². The SMILES string of the molecule is CC(C)Oc1cc(-n2cc(C=O)cn2)ncc1C#N. The Morgan fingerprint density at radius 2 is 2.26 bits per heavy atom. The molecule has 0 fully saturated rings. The molecule has 2 aromatic heterocycles. The first-order chi connectivity index (χ1) is 9.13. The van der Waals surface area contributed by atoms with Crippen LogP contribution in [0.25, 0.3) is 5.82 Å². The van der Waals surface area contributed by atoms with Gasteiger partial charge < -0.3 is 4.74 Å². The van der Waals surface area contributed by atoms with Gasteiger partial charge >= 0.3 is 0 Å². The third-order valence-electron chi connectivity index (χ3n) is 2.31. The summed E-state index contributed by atoms with van der Waals surface area (Å²) in [7, 11) is 0. The summed E-state index contributed by atoms with van der Waals surface area (Å²) < 4.78 is 7.01. The molecule has 2 aromatic rings. The maximum atomic E-state index is 10.6. The number of rotatable bonds is 4. The molecule has 0 amide bonds. The van der Waals surface area contributed by atoms with E-state index in [0.29, 0.717) is 29.0 Å². The van der Waals surface area contributed by atoms with Crippen molar-refractivity contribution in [3.05, 3.63) is 35.8 Å². The number of aldehydes is 1. The Balaban J connectivity index is 2.42. The van der Waals surface area contributed by atoms with Crippen LogP contribution in [0.1, 0.15) is 29.8 Å². The summed E-state index contributed by atoms with van der Waals surface area (Å²) in [5.41, 5.74) is 0.817. The number of aromatic nitrogens is 3. The van der Waals surface area contributed by atoms with E-state index >= 15 is 0 Å². The largest absolute Gasteiger partial charge is 0.489 e. The fourth-order valence-corrected chi connectivity index (χ4v) is 1.51. The molecule has 0 aliphatic rings. The van der Waals surface area contributed by atoms with Crippen LogP contribution in [0.15, 0.2) is 24.7 Å². The predicted octanol–water partition coefficient (Wildman–Crippen LogP) is 1.74. The Kier molecular flexibility index (Phi) is 3.57. The summed E-state index contributed by atoms with van der Waals surface area (Å²) in [4.78, 5) is 14.7. The van der Waals surface area contributed by atoms with Crippen molar-refractivity contribution in [2.75, 3.05) is 0 Å². The van der Waals surface area contributed by atoms with Crippen molar-refractivity contribution in [3.63, 3.8) is 0 Å². The lowest BCUT2D eigenvalue weighted by Crippen LogP contribution is -2.08. The minimum absolute atomic E-state index is 0.0505. The normalized spacial score (nSPS) is 10.2. The van der Waals surface area contributed by atoms with Gasteiger partial charge in [-0.15, -0.1) is 0 Å². The Bertz CT molecular complexity index is 640. The Labute approximate surface area is 110 Å². The molecular formula is C13H12N4O2. The second-order valence-corrected chi connectivity index (χ2v) is 4.15. The molecule has 0 atom stereocenters. The van der Waals surface area contributed by atoms with Gasteiger partial charge in [0.05, 0.1) is 24.1 Å². The molecule has 19 heavy (non-hydrogen) atoms. The molecule has 6 heteroatoms. The van der Waals surface area contributed by atoms with Crippen molar-refractivity contribution in [1.82, 2.24) is 14.8 Å². The van der Waals surface area contributed by atoms with Crippen molar-refractivity contribution in [2.24, 2.45) is 0 Å². The Hall–Kier alpha value is -2.68. The standard InChI is InChI=1S/C13H12N4O2/c1-9(2)19-12-3-13(15-6-11(12)4-14)17-7-10(8-18)5-16-17/h3,5-9H,1-2H3. The van der Waals surface area contributed by atoms with Crippen molar-refractivity contribution in [2.45, 2.75) is 20.0 Å². The molecule has 0 aliphatic carbocycles. The van der Waals surface area contributed by atoms with E-state index in [1.807, 2.05) is 19.9 Å². The molecule has 0 spiro atoms. The van der Waals surface area contributed by atoms with Gasteiger partial charge in [0.1, 0.15) is 17.4 Å². The maximum Gasteiger partial charge on any atom is 0.157 e. The maximum absolute atomic E-state index is 10.6. The van der Waals surface area contributed by atoms with Crippen molar-refractivity contribution >= 4 is 6.29 Å². The van der Waals surface area contributed by atoms with Gasteiger partial charge in [-0.2, -0.15) is 10.4 Å². The number of carbonyl (C=O) groups is 1. The van der Waals surface area contributed by atoms with E-state index in [4.69, 9.17) is 10.00 Å². The van der Waals surface area contributed by atoms with Crippen LogP contribution >= 0.6 is 0 Å². The quantitative estimate of drug-likeness (QED) is 0.778. The number of ether oxygens (including phenoxy) is 1. The van der Waals surface area contributed by atoms with Crippen molar-refractivity contribution in [3.8, 4) is 17.6 Å². The highest BCUT2D eigenvalue weighted by molar-refractivity contribution is 5.73. The van der Waals surface area contributed by atoms with Crippen LogP contribution in [0.2, 0.25) is 0 Å². The summed E-state index contributed by atoms with van der Waals surface area (Å²) in [5.74, 6) is 0.938. The van der Waals surface area contributed by atoms with E-state index in [0.717, 1.165) is 0 Å². The lowest BCUT2D eigenvalue weighted by Gasteiger charge is -2.11. The minimum Gasteiger partial charge on any atom is -0.489 e. The smallest absolute Gasteiger partial charge is 0.157 e. The molecule has 0 saturated carbocycles. The van der Waals surface area contributed by atoms with Crippen molar-refractivity contribution in [1.29, 1.82) is 5.26 Å². The van der Waals surface area contributed by atoms with E-state index in [2.05, 4.69) is 10.1 Å². The monoisotopic (exact) mass is 256 g/mol. The average Bonchev–Trinajstić information content (AvgIpc) is 2.86. The second kappa shape index (κ2) is 5.31. The molecule has 0 saturated heterocycles. The lowest BCUT2D eigenvalue weighted by molar-refractivity contribution is 0.112. The van der Waals surface area contributed by atoms with Gasteiger partial charge in [0.2, 0.25) is 0 Å². The molecule has 0 aromatic carbocycles. The highest BCUT2D eigenvalue weighted by Gasteiger charge is 2.10. The molecule has 0 N–H and O–H groups in total. The number of hydrogen-bond donors (Lipinski definition) is 0. The zero-order valence-electron chi connectivity index (χ0n) is 10.6. The Morgan fingerprint density at radius 3 is 2.84 bits per heavy atom. The van der Waals surface area contributed by atoms with Crippen molar-refractivity contribution < 1.29 is 9.53 Å². The summed E-state index contributed by atoms with van der Waals surface area (Å²) >= 11 is 0. The van der Waals surface area contributed by atoms with Crippen LogP contribution in [0.4, 0.5) is 0 Å². The van der Waals surface area contributed by atoms with Gasteiger partial charge in [-0.25, -0.2) is 9.67 Å². The van der Waals surface area contributed by atoms with E-state index in [-0.39, 0.29) is 6.10 Å². The molecule has 0 bridgehead atoms. The molecule has 96 valence electrons. The molecule has 0 aliphatic heterocycles. The third-order valence-corrected chi connectivity index (χ3v) is 2.31. The van der Waals surface area contributed by atoms with E-state index < -0.39 is 0 Å². The highest BCUT2D eigenvalue weighted by atomic mass is 16.5. The number of nitrogens with zero attached hydrogens (tertiary/aromatic N) is 4. The van der Waals surface area contributed by atoms with Gasteiger partial charge in [0.25, 0.3) is 0 Å². The minimum atomic E-state index is -0.0505. The summed E-state index contributed by atoms with van der Waals surface area (Å²) in [6.45, 7) is 3.75. The van der Waals surface area contributed by atoms with Gasteiger partial charge in [0.15, 0.2) is 12.1 Å². The van der Waals surface area contributed by atoms with E-state index in [1.54, 1.807) is 12.3 Å². The number of nitriles is 1. The molecule has 2 heterocycles. The zero-order chi connectivity index (χ0) is 13.8.